The number of benzene rings is 1. The molecule has 1 saturated heterocycles. The number of hydrogen-bond acceptors (Lipinski definition) is 6. The number of anilines is 1. The maximum absolute atomic E-state index is 13.1. The van der Waals surface area contributed by atoms with Crippen molar-refractivity contribution in [1.82, 2.24) is 9.97 Å². The Morgan fingerprint density at radius 3 is 2.80 bits per heavy atom. The average Bonchev–Trinajstić information content (AvgIpc) is 3.23. The molecule has 0 spiro atoms. The van der Waals surface area contributed by atoms with E-state index in [2.05, 4.69) is 15.3 Å². The summed E-state index contributed by atoms with van der Waals surface area (Å²) in [5.74, 6) is 0.0933. The van der Waals surface area contributed by atoms with Crippen molar-refractivity contribution in [1.29, 1.82) is 0 Å². The molecule has 0 radical (unpaired) electrons. The van der Waals surface area contributed by atoms with Gasteiger partial charge in [-0.05, 0) is 49.1 Å². The predicted octanol–water partition coefficient (Wildman–Crippen LogP) is 5.26. The Morgan fingerprint density at radius 1 is 1.27 bits per heavy atom. The molecule has 1 aliphatic rings. The number of carbonyl (C=O) groups excluding carboxylic acids is 1. The zero-order valence-corrected chi connectivity index (χ0v) is 17.8. The summed E-state index contributed by atoms with van der Waals surface area (Å²) >= 11 is 7.88. The Labute approximate surface area is 183 Å². The minimum absolute atomic E-state index is 0.106. The molecule has 4 rings (SSSR count). The van der Waals surface area contributed by atoms with Crippen LogP contribution in [0.5, 0.6) is 0 Å². The Kier molecular flexibility index (Phi) is 6.72. The number of ketones is 1. The first-order chi connectivity index (χ1) is 14.6. The molecule has 8 heteroatoms. The van der Waals surface area contributed by atoms with E-state index in [9.17, 15) is 9.18 Å². The normalized spacial score (nSPS) is 14.6. The van der Waals surface area contributed by atoms with E-state index in [4.69, 9.17) is 16.3 Å². The standard InChI is InChI=1S/C22H21ClFN3O2S/c23-19-12-25-17(10-21(28)15-1-3-16(24)4-2-15)9-18(19)20-13-30-22(27-20)26-11-14-5-7-29-8-6-14/h1-4,9,12-14H,5-8,10-11H2,(H,26,27). The third-order valence-corrected chi connectivity index (χ3v) is 6.18. The monoisotopic (exact) mass is 445 g/mol. The minimum atomic E-state index is -0.372. The zero-order valence-electron chi connectivity index (χ0n) is 16.2. The summed E-state index contributed by atoms with van der Waals surface area (Å²) in [6, 6.07) is 7.30. The van der Waals surface area contributed by atoms with Gasteiger partial charge < -0.3 is 10.1 Å². The van der Waals surface area contributed by atoms with Crippen molar-refractivity contribution < 1.29 is 13.9 Å². The second kappa shape index (κ2) is 9.64. The molecule has 0 bridgehead atoms. The highest BCUT2D eigenvalue weighted by Gasteiger charge is 2.16. The van der Waals surface area contributed by atoms with Crippen molar-refractivity contribution in [3.05, 3.63) is 64.0 Å². The molecule has 1 N–H and O–H groups in total. The molecule has 1 aliphatic heterocycles. The van der Waals surface area contributed by atoms with E-state index < -0.39 is 0 Å². The average molecular weight is 446 g/mol. The van der Waals surface area contributed by atoms with Crippen LogP contribution in [0.1, 0.15) is 28.9 Å². The molecular formula is C22H21ClFN3O2S. The topological polar surface area (TPSA) is 64.1 Å². The zero-order chi connectivity index (χ0) is 20.9. The van der Waals surface area contributed by atoms with Gasteiger partial charge in [-0.1, -0.05) is 11.6 Å². The van der Waals surface area contributed by atoms with Crippen LogP contribution < -0.4 is 5.32 Å². The summed E-state index contributed by atoms with van der Waals surface area (Å²) in [5, 5.41) is 6.67. The molecule has 5 nitrogen and oxygen atoms in total. The van der Waals surface area contributed by atoms with Crippen LogP contribution >= 0.6 is 22.9 Å². The lowest BCUT2D eigenvalue weighted by atomic mass is 10.0. The van der Waals surface area contributed by atoms with Crippen LogP contribution in [0, 0.1) is 11.7 Å². The van der Waals surface area contributed by atoms with E-state index in [-0.39, 0.29) is 18.0 Å². The number of thiazole rings is 1. The van der Waals surface area contributed by atoms with Gasteiger partial charge >= 0.3 is 0 Å². The van der Waals surface area contributed by atoms with Gasteiger partial charge in [0.15, 0.2) is 10.9 Å². The first-order valence-electron chi connectivity index (χ1n) is 9.79. The largest absolute Gasteiger partial charge is 0.381 e. The fourth-order valence-electron chi connectivity index (χ4n) is 3.34. The molecule has 0 atom stereocenters. The molecule has 3 aromatic rings. The van der Waals surface area contributed by atoms with Crippen molar-refractivity contribution in [2.75, 3.05) is 25.1 Å². The van der Waals surface area contributed by atoms with E-state index in [0.29, 0.717) is 22.2 Å². The fourth-order valence-corrected chi connectivity index (χ4v) is 4.26. The first-order valence-corrected chi connectivity index (χ1v) is 11.0. The van der Waals surface area contributed by atoms with Gasteiger partial charge in [-0.3, -0.25) is 9.78 Å². The molecular weight excluding hydrogens is 425 g/mol. The summed E-state index contributed by atoms with van der Waals surface area (Å²) in [7, 11) is 0. The molecule has 1 fully saturated rings. The van der Waals surface area contributed by atoms with E-state index in [1.165, 1.54) is 35.6 Å². The Balaban J connectivity index is 1.44. The summed E-state index contributed by atoms with van der Waals surface area (Å²) < 4.78 is 18.5. The third-order valence-electron chi connectivity index (χ3n) is 5.08. The smallest absolute Gasteiger partial charge is 0.183 e. The van der Waals surface area contributed by atoms with Crippen LogP contribution in [0.2, 0.25) is 5.02 Å². The molecule has 2 aromatic heterocycles. The highest BCUT2D eigenvalue weighted by atomic mass is 35.5. The lowest BCUT2D eigenvalue weighted by Gasteiger charge is -2.21. The van der Waals surface area contributed by atoms with Crippen molar-refractivity contribution in [3.8, 4) is 11.3 Å². The highest BCUT2D eigenvalue weighted by Crippen LogP contribution is 2.31. The van der Waals surface area contributed by atoms with Crippen molar-refractivity contribution in [3.63, 3.8) is 0 Å². The summed E-state index contributed by atoms with van der Waals surface area (Å²) in [6.07, 6.45) is 3.77. The number of aromatic nitrogens is 2. The van der Waals surface area contributed by atoms with Crippen molar-refractivity contribution >= 4 is 33.9 Å². The van der Waals surface area contributed by atoms with Gasteiger partial charge in [0, 0.05) is 48.2 Å². The summed E-state index contributed by atoms with van der Waals surface area (Å²) in [6.45, 7) is 2.51. The maximum Gasteiger partial charge on any atom is 0.183 e. The quantitative estimate of drug-likeness (QED) is 0.502. The first kappa shape index (κ1) is 20.9. The summed E-state index contributed by atoms with van der Waals surface area (Å²) in [5.41, 5.74) is 2.53. The Hall–Kier alpha value is -2.35. The van der Waals surface area contributed by atoms with Gasteiger partial charge in [0.2, 0.25) is 0 Å². The number of nitrogens with one attached hydrogen (secondary N) is 1. The molecule has 0 saturated carbocycles. The predicted molar refractivity (Wildman–Crippen MR) is 117 cm³/mol. The molecule has 156 valence electrons. The lowest BCUT2D eigenvalue weighted by molar-refractivity contribution is 0.0699. The second-order valence-electron chi connectivity index (χ2n) is 7.24. The number of rotatable bonds is 7. The minimum Gasteiger partial charge on any atom is -0.381 e. The van der Waals surface area contributed by atoms with Crippen LogP contribution in [-0.4, -0.2) is 35.5 Å². The van der Waals surface area contributed by atoms with Crippen molar-refractivity contribution in [2.45, 2.75) is 19.3 Å². The van der Waals surface area contributed by atoms with Gasteiger partial charge in [0.25, 0.3) is 0 Å². The van der Waals surface area contributed by atoms with Crippen LogP contribution in [0.15, 0.2) is 41.9 Å². The van der Waals surface area contributed by atoms with Gasteiger partial charge in [0.1, 0.15) is 5.82 Å². The Morgan fingerprint density at radius 2 is 2.03 bits per heavy atom. The molecule has 0 amide bonds. The molecule has 0 unspecified atom stereocenters. The van der Waals surface area contributed by atoms with Gasteiger partial charge in [-0.2, -0.15) is 0 Å². The number of hydrogen-bond donors (Lipinski definition) is 1. The molecule has 1 aromatic carbocycles. The van der Waals surface area contributed by atoms with Gasteiger partial charge in [-0.25, -0.2) is 9.37 Å². The number of ether oxygens (including phenoxy) is 1. The lowest BCUT2D eigenvalue weighted by Crippen LogP contribution is -2.22. The third kappa shape index (κ3) is 5.22. The fraction of sp³-hybridized carbons (Fsp3) is 0.318. The van der Waals surface area contributed by atoms with Crippen LogP contribution in [0.4, 0.5) is 9.52 Å². The van der Waals surface area contributed by atoms with E-state index in [0.717, 1.165) is 49.0 Å². The van der Waals surface area contributed by atoms with E-state index >= 15 is 0 Å². The Bertz CT molecular complexity index is 1020. The van der Waals surface area contributed by atoms with Crippen LogP contribution in [0.3, 0.4) is 0 Å². The van der Waals surface area contributed by atoms with E-state index in [1.807, 2.05) is 5.38 Å². The van der Waals surface area contributed by atoms with Crippen molar-refractivity contribution in [2.24, 2.45) is 5.92 Å². The maximum atomic E-state index is 13.1. The van der Waals surface area contributed by atoms with Gasteiger partial charge in [-0.15, -0.1) is 11.3 Å². The highest BCUT2D eigenvalue weighted by molar-refractivity contribution is 7.14. The SMILES string of the molecule is O=C(Cc1cc(-c2csc(NCC3CCOCC3)n2)c(Cl)cn1)c1ccc(F)cc1. The molecule has 0 aliphatic carbocycles. The number of Topliss-reactive ketones (excluding diaryl/α,β-unsaturated/α-hetero) is 1. The number of halogens is 2. The number of carbonyl (C=O) groups is 1. The molecule has 3 heterocycles. The van der Waals surface area contributed by atoms with Gasteiger partial charge in [0.05, 0.1) is 17.1 Å². The van der Waals surface area contributed by atoms with E-state index in [1.54, 1.807) is 12.3 Å². The van der Waals surface area contributed by atoms with Crippen LogP contribution in [0.25, 0.3) is 11.3 Å². The van der Waals surface area contributed by atoms with Crippen LogP contribution in [-0.2, 0) is 11.2 Å². The number of pyridine rings is 1. The number of nitrogens with zero attached hydrogens (tertiary/aromatic N) is 2. The second-order valence-corrected chi connectivity index (χ2v) is 8.50. The molecule has 30 heavy (non-hydrogen) atoms. The summed E-state index contributed by atoms with van der Waals surface area (Å²) in [4.78, 5) is 21.4.